The van der Waals surface area contributed by atoms with E-state index in [-0.39, 0.29) is 6.10 Å². The van der Waals surface area contributed by atoms with Crippen LogP contribution in [0, 0.1) is 0 Å². The fourth-order valence-corrected chi connectivity index (χ4v) is 1.20. The molecule has 2 N–H and O–H groups in total. The van der Waals surface area contributed by atoms with E-state index in [1.807, 2.05) is 0 Å². The summed E-state index contributed by atoms with van der Waals surface area (Å²) >= 11 is 0. The maximum absolute atomic E-state index is 5.60. The maximum atomic E-state index is 5.60. The average Bonchev–Trinajstić information content (AvgIpc) is 2.04. The molecule has 64 valence electrons. The van der Waals surface area contributed by atoms with Crippen molar-refractivity contribution in [3.8, 4) is 6.01 Å². The summed E-state index contributed by atoms with van der Waals surface area (Å²) in [7, 11) is 0. The standard InChI is InChI=1S/C8H11N3O/c9-6-4-7(5-6)12-8-10-2-1-3-11-8/h1-3,6-7H,4-5,9H2/t6-,7+. The van der Waals surface area contributed by atoms with Crippen molar-refractivity contribution in [2.24, 2.45) is 5.73 Å². The highest BCUT2D eigenvalue weighted by Crippen LogP contribution is 2.21. The van der Waals surface area contributed by atoms with E-state index in [9.17, 15) is 0 Å². The molecule has 2 rings (SSSR count). The molecular formula is C8H11N3O. The Kier molecular flexibility index (Phi) is 1.91. The second kappa shape index (κ2) is 3.06. The summed E-state index contributed by atoms with van der Waals surface area (Å²) in [6, 6.07) is 2.52. The van der Waals surface area contributed by atoms with E-state index in [2.05, 4.69) is 9.97 Å². The van der Waals surface area contributed by atoms with Gasteiger partial charge in [-0.25, -0.2) is 9.97 Å². The van der Waals surface area contributed by atoms with Crippen LogP contribution in [0.15, 0.2) is 18.5 Å². The van der Waals surface area contributed by atoms with Gasteiger partial charge in [-0.2, -0.15) is 0 Å². The van der Waals surface area contributed by atoms with Crippen LogP contribution in [0.5, 0.6) is 6.01 Å². The first kappa shape index (κ1) is 7.49. The molecule has 1 aromatic rings. The quantitative estimate of drug-likeness (QED) is 0.686. The Morgan fingerprint density at radius 3 is 2.58 bits per heavy atom. The molecule has 0 atom stereocenters. The molecule has 0 spiro atoms. The lowest BCUT2D eigenvalue weighted by Crippen LogP contribution is -2.43. The van der Waals surface area contributed by atoms with Crippen LogP contribution >= 0.6 is 0 Å². The summed E-state index contributed by atoms with van der Waals surface area (Å²) in [4.78, 5) is 7.90. The van der Waals surface area contributed by atoms with E-state index in [1.54, 1.807) is 18.5 Å². The van der Waals surface area contributed by atoms with Gasteiger partial charge in [0, 0.05) is 18.4 Å². The molecule has 1 fully saturated rings. The minimum absolute atomic E-state index is 0.224. The topological polar surface area (TPSA) is 61.0 Å². The van der Waals surface area contributed by atoms with Crippen molar-refractivity contribution < 1.29 is 4.74 Å². The Bertz CT molecular complexity index is 246. The van der Waals surface area contributed by atoms with Gasteiger partial charge in [-0.05, 0) is 18.9 Å². The zero-order valence-electron chi connectivity index (χ0n) is 6.68. The van der Waals surface area contributed by atoms with E-state index in [0.29, 0.717) is 12.1 Å². The van der Waals surface area contributed by atoms with Crippen LogP contribution in [-0.4, -0.2) is 22.1 Å². The van der Waals surface area contributed by atoms with Crippen molar-refractivity contribution in [3.05, 3.63) is 18.5 Å². The summed E-state index contributed by atoms with van der Waals surface area (Å²) in [6.45, 7) is 0. The third-order valence-electron chi connectivity index (χ3n) is 1.95. The lowest BCUT2D eigenvalue weighted by Gasteiger charge is -2.31. The molecule has 1 aromatic heterocycles. The normalized spacial score (nSPS) is 27.8. The highest BCUT2D eigenvalue weighted by atomic mass is 16.5. The van der Waals surface area contributed by atoms with Gasteiger partial charge < -0.3 is 10.5 Å². The molecule has 4 nitrogen and oxygen atoms in total. The molecule has 4 heteroatoms. The van der Waals surface area contributed by atoms with Crippen LogP contribution < -0.4 is 10.5 Å². The van der Waals surface area contributed by atoms with Gasteiger partial charge in [-0.3, -0.25) is 0 Å². The lowest BCUT2D eigenvalue weighted by molar-refractivity contribution is 0.0904. The van der Waals surface area contributed by atoms with Crippen LogP contribution in [-0.2, 0) is 0 Å². The molecule has 0 unspecified atom stereocenters. The largest absolute Gasteiger partial charge is 0.460 e. The number of hydrogen-bond donors (Lipinski definition) is 1. The zero-order valence-corrected chi connectivity index (χ0v) is 6.68. The summed E-state index contributed by atoms with van der Waals surface area (Å²) in [5.41, 5.74) is 5.60. The second-order valence-electron chi connectivity index (χ2n) is 3.00. The predicted molar refractivity (Wildman–Crippen MR) is 43.7 cm³/mol. The van der Waals surface area contributed by atoms with Crippen molar-refractivity contribution >= 4 is 0 Å². The van der Waals surface area contributed by atoms with Crippen molar-refractivity contribution in [2.45, 2.75) is 25.0 Å². The van der Waals surface area contributed by atoms with E-state index in [1.165, 1.54) is 0 Å². The Morgan fingerprint density at radius 1 is 1.33 bits per heavy atom. The molecule has 1 aliphatic carbocycles. The molecule has 0 saturated heterocycles. The van der Waals surface area contributed by atoms with Gasteiger partial charge in [-0.15, -0.1) is 0 Å². The van der Waals surface area contributed by atoms with Gasteiger partial charge in [0.1, 0.15) is 6.10 Å². The van der Waals surface area contributed by atoms with Crippen LogP contribution in [0.4, 0.5) is 0 Å². The SMILES string of the molecule is N[C@H]1C[C@@H](Oc2ncccn2)C1. The van der Waals surface area contributed by atoms with E-state index < -0.39 is 0 Å². The van der Waals surface area contributed by atoms with Gasteiger partial charge in [0.25, 0.3) is 0 Å². The fraction of sp³-hybridized carbons (Fsp3) is 0.500. The van der Waals surface area contributed by atoms with Gasteiger partial charge in [0.2, 0.25) is 0 Å². The molecule has 0 amide bonds. The molecule has 0 radical (unpaired) electrons. The molecule has 1 heterocycles. The smallest absolute Gasteiger partial charge is 0.316 e. The van der Waals surface area contributed by atoms with Crippen molar-refractivity contribution in [3.63, 3.8) is 0 Å². The van der Waals surface area contributed by atoms with Crippen molar-refractivity contribution in [1.82, 2.24) is 9.97 Å². The number of rotatable bonds is 2. The van der Waals surface area contributed by atoms with Gasteiger partial charge in [0.05, 0.1) is 0 Å². The first-order valence-corrected chi connectivity index (χ1v) is 4.04. The molecule has 12 heavy (non-hydrogen) atoms. The van der Waals surface area contributed by atoms with E-state index >= 15 is 0 Å². The second-order valence-corrected chi connectivity index (χ2v) is 3.00. The third kappa shape index (κ3) is 1.53. The number of nitrogens with two attached hydrogens (primary N) is 1. The molecule has 0 aliphatic heterocycles. The van der Waals surface area contributed by atoms with E-state index in [0.717, 1.165) is 12.8 Å². The Balaban J connectivity index is 1.88. The minimum atomic E-state index is 0.224. The monoisotopic (exact) mass is 165 g/mol. The molecular weight excluding hydrogens is 154 g/mol. The maximum Gasteiger partial charge on any atom is 0.316 e. The number of hydrogen-bond acceptors (Lipinski definition) is 4. The first-order valence-electron chi connectivity index (χ1n) is 4.04. The summed E-state index contributed by atoms with van der Waals surface area (Å²) in [5, 5.41) is 0. The van der Waals surface area contributed by atoms with Crippen molar-refractivity contribution in [1.29, 1.82) is 0 Å². The summed E-state index contributed by atoms with van der Waals surface area (Å²) in [6.07, 6.45) is 5.39. The molecule has 0 bridgehead atoms. The van der Waals surface area contributed by atoms with Crippen LogP contribution in [0.2, 0.25) is 0 Å². The molecule has 1 aliphatic rings. The molecule has 1 saturated carbocycles. The lowest BCUT2D eigenvalue weighted by atomic mass is 9.90. The summed E-state index contributed by atoms with van der Waals surface area (Å²) in [5.74, 6) is 0. The fourth-order valence-electron chi connectivity index (χ4n) is 1.20. The highest BCUT2D eigenvalue weighted by Gasteiger charge is 2.28. The van der Waals surface area contributed by atoms with Gasteiger partial charge in [-0.1, -0.05) is 0 Å². The van der Waals surface area contributed by atoms with Crippen LogP contribution in [0.25, 0.3) is 0 Å². The highest BCUT2D eigenvalue weighted by molar-refractivity contribution is 4.96. The first-order chi connectivity index (χ1) is 5.84. The van der Waals surface area contributed by atoms with Crippen molar-refractivity contribution in [2.75, 3.05) is 0 Å². The van der Waals surface area contributed by atoms with Crippen LogP contribution in [0.1, 0.15) is 12.8 Å². The van der Waals surface area contributed by atoms with Crippen LogP contribution in [0.3, 0.4) is 0 Å². The minimum Gasteiger partial charge on any atom is -0.460 e. The van der Waals surface area contributed by atoms with Gasteiger partial charge in [0.15, 0.2) is 0 Å². The van der Waals surface area contributed by atoms with E-state index in [4.69, 9.17) is 10.5 Å². The van der Waals surface area contributed by atoms with Gasteiger partial charge >= 0.3 is 6.01 Å². The Labute approximate surface area is 70.8 Å². The Morgan fingerprint density at radius 2 is 2.00 bits per heavy atom. The third-order valence-corrected chi connectivity index (χ3v) is 1.95. The summed E-state index contributed by atoms with van der Waals surface area (Å²) < 4.78 is 5.42. The molecule has 0 aromatic carbocycles. The number of nitrogens with zero attached hydrogens (tertiary/aromatic N) is 2. The predicted octanol–water partition coefficient (Wildman–Crippen LogP) is 0.345. The number of aromatic nitrogens is 2. The zero-order chi connectivity index (χ0) is 8.39. The average molecular weight is 165 g/mol. The number of ether oxygens (including phenoxy) is 1. The Hall–Kier alpha value is -1.16.